The van der Waals surface area contributed by atoms with E-state index in [1.165, 1.54) is 11.8 Å². The second-order valence-corrected chi connectivity index (χ2v) is 7.87. The first kappa shape index (κ1) is 16.8. The van der Waals surface area contributed by atoms with Gasteiger partial charge in [-0.15, -0.1) is 11.8 Å². The Kier molecular flexibility index (Phi) is 4.82. The quantitative estimate of drug-likeness (QED) is 0.891. The summed E-state index contributed by atoms with van der Waals surface area (Å²) in [7, 11) is 1.77. The maximum atomic E-state index is 12.5. The van der Waals surface area contributed by atoms with Crippen LogP contribution in [0.3, 0.4) is 0 Å². The summed E-state index contributed by atoms with van der Waals surface area (Å²) in [6, 6.07) is 5.45. The molecule has 1 aromatic carbocycles. The molecule has 1 unspecified atom stereocenters. The maximum absolute atomic E-state index is 12.5. The largest absolute Gasteiger partial charge is 0.341 e. The minimum absolute atomic E-state index is 0.0280. The fourth-order valence-electron chi connectivity index (χ4n) is 2.34. The number of nitrogens with one attached hydrogen (secondary N) is 1. The minimum atomic E-state index is -0.127. The number of benzene rings is 1. The zero-order valence-electron chi connectivity index (χ0n) is 13.5. The number of nitrogens with two attached hydrogens (primary N) is 1. The first-order valence-electron chi connectivity index (χ1n) is 7.30. The number of thioether (sulfide) groups is 1. The second-order valence-electron chi connectivity index (χ2n) is 6.49. The number of nitrogens with zero attached hydrogens (tertiary/aromatic N) is 1. The SMILES string of the molecule is CC1Sc2ccc(C(=O)N(C)CC(C)(C)CN)cc2NC1=O. The zero-order chi connectivity index (χ0) is 16.5. The Morgan fingerprint density at radius 2 is 2.14 bits per heavy atom. The number of fused-ring (bicyclic) bond motifs is 1. The Morgan fingerprint density at radius 3 is 2.77 bits per heavy atom. The van der Waals surface area contributed by atoms with E-state index in [0.717, 1.165) is 4.90 Å². The lowest BCUT2D eigenvalue weighted by molar-refractivity contribution is -0.115. The normalized spacial score (nSPS) is 17.7. The highest BCUT2D eigenvalue weighted by atomic mass is 32.2. The molecular weight excluding hydrogens is 298 g/mol. The van der Waals surface area contributed by atoms with Gasteiger partial charge in [-0.3, -0.25) is 9.59 Å². The molecule has 0 bridgehead atoms. The van der Waals surface area contributed by atoms with Crippen LogP contribution in [0.4, 0.5) is 5.69 Å². The van der Waals surface area contributed by atoms with Crippen molar-refractivity contribution in [2.24, 2.45) is 11.1 Å². The first-order chi connectivity index (χ1) is 10.2. The number of carbonyl (C=O) groups is 2. The summed E-state index contributed by atoms with van der Waals surface area (Å²) in [5.41, 5.74) is 6.88. The molecule has 1 aromatic rings. The van der Waals surface area contributed by atoms with Crippen LogP contribution in [0.25, 0.3) is 0 Å². The van der Waals surface area contributed by atoms with Gasteiger partial charge in [0.15, 0.2) is 0 Å². The molecule has 1 aliphatic heterocycles. The Morgan fingerprint density at radius 1 is 1.45 bits per heavy atom. The standard InChI is InChI=1S/C16H23N3O2S/c1-10-14(20)18-12-7-11(5-6-13(12)22-10)15(21)19(4)9-16(2,3)8-17/h5-7,10H,8-9,17H2,1-4H3,(H,18,20). The van der Waals surface area contributed by atoms with Gasteiger partial charge in [-0.2, -0.15) is 0 Å². The molecule has 1 heterocycles. The lowest BCUT2D eigenvalue weighted by Crippen LogP contribution is -2.39. The summed E-state index contributed by atoms with van der Waals surface area (Å²) in [5.74, 6) is -0.0954. The van der Waals surface area contributed by atoms with Crippen molar-refractivity contribution in [3.8, 4) is 0 Å². The van der Waals surface area contributed by atoms with E-state index < -0.39 is 0 Å². The molecule has 0 saturated heterocycles. The molecule has 0 aliphatic carbocycles. The molecule has 1 atom stereocenters. The van der Waals surface area contributed by atoms with E-state index in [1.54, 1.807) is 18.0 Å². The molecule has 2 rings (SSSR count). The van der Waals surface area contributed by atoms with Crippen molar-refractivity contribution in [2.45, 2.75) is 30.9 Å². The van der Waals surface area contributed by atoms with Crippen LogP contribution >= 0.6 is 11.8 Å². The third-order valence-electron chi connectivity index (χ3n) is 3.72. The van der Waals surface area contributed by atoms with Crippen LogP contribution in [0.15, 0.2) is 23.1 Å². The first-order valence-corrected chi connectivity index (χ1v) is 8.18. The number of amides is 2. The van der Waals surface area contributed by atoms with E-state index in [-0.39, 0.29) is 22.5 Å². The van der Waals surface area contributed by atoms with E-state index in [4.69, 9.17) is 5.73 Å². The number of hydrogen-bond acceptors (Lipinski definition) is 4. The summed E-state index contributed by atoms with van der Waals surface area (Å²) < 4.78 is 0. The van der Waals surface area contributed by atoms with Crippen LogP contribution in [0.1, 0.15) is 31.1 Å². The van der Waals surface area contributed by atoms with Crippen molar-refractivity contribution in [2.75, 3.05) is 25.5 Å². The Balaban J connectivity index is 2.18. The van der Waals surface area contributed by atoms with Gasteiger partial charge in [0.2, 0.25) is 5.91 Å². The summed E-state index contributed by atoms with van der Waals surface area (Å²) >= 11 is 1.51. The molecule has 2 amide bonds. The molecule has 120 valence electrons. The maximum Gasteiger partial charge on any atom is 0.253 e. The van der Waals surface area contributed by atoms with Gasteiger partial charge in [0.25, 0.3) is 5.91 Å². The summed E-state index contributed by atoms with van der Waals surface area (Å²) in [6.07, 6.45) is 0. The number of anilines is 1. The van der Waals surface area contributed by atoms with Gasteiger partial charge in [0.05, 0.1) is 10.9 Å². The van der Waals surface area contributed by atoms with Crippen molar-refractivity contribution in [3.63, 3.8) is 0 Å². The van der Waals surface area contributed by atoms with Crippen LogP contribution in [0.5, 0.6) is 0 Å². The highest BCUT2D eigenvalue weighted by Gasteiger charge is 2.25. The monoisotopic (exact) mass is 321 g/mol. The summed E-state index contributed by atoms with van der Waals surface area (Å²) in [5, 5.41) is 2.74. The van der Waals surface area contributed by atoms with Crippen molar-refractivity contribution < 1.29 is 9.59 Å². The third-order valence-corrected chi connectivity index (χ3v) is 4.90. The van der Waals surface area contributed by atoms with E-state index in [9.17, 15) is 9.59 Å². The number of hydrogen-bond donors (Lipinski definition) is 2. The average Bonchev–Trinajstić information content (AvgIpc) is 2.46. The fraction of sp³-hybridized carbons (Fsp3) is 0.500. The van der Waals surface area contributed by atoms with Gasteiger partial charge in [-0.05, 0) is 37.1 Å². The van der Waals surface area contributed by atoms with E-state index in [0.29, 0.717) is 24.3 Å². The number of carbonyl (C=O) groups excluding carboxylic acids is 2. The molecule has 0 radical (unpaired) electrons. The molecule has 0 spiro atoms. The molecule has 6 heteroatoms. The van der Waals surface area contributed by atoms with Gasteiger partial charge >= 0.3 is 0 Å². The Hall–Kier alpha value is -1.53. The molecule has 0 fully saturated rings. The summed E-state index contributed by atoms with van der Waals surface area (Å²) in [4.78, 5) is 27.0. The van der Waals surface area contributed by atoms with E-state index >= 15 is 0 Å². The smallest absolute Gasteiger partial charge is 0.253 e. The van der Waals surface area contributed by atoms with Gasteiger partial charge < -0.3 is 16.0 Å². The van der Waals surface area contributed by atoms with Crippen LogP contribution in [0, 0.1) is 5.41 Å². The second kappa shape index (κ2) is 6.30. The van der Waals surface area contributed by atoms with Gasteiger partial charge in [0.1, 0.15) is 0 Å². The van der Waals surface area contributed by atoms with Crippen LogP contribution in [-0.4, -0.2) is 42.1 Å². The molecule has 5 nitrogen and oxygen atoms in total. The molecule has 0 saturated carbocycles. The number of rotatable bonds is 4. The highest BCUT2D eigenvalue weighted by molar-refractivity contribution is 8.00. The predicted octanol–water partition coefficient (Wildman–Crippen LogP) is 2.18. The van der Waals surface area contributed by atoms with Crippen LogP contribution in [-0.2, 0) is 4.79 Å². The topological polar surface area (TPSA) is 75.4 Å². The molecule has 3 N–H and O–H groups in total. The Labute approximate surface area is 135 Å². The van der Waals surface area contributed by atoms with E-state index in [1.807, 2.05) is 32.9 Å². The van der Waals surface area contributed by atoms with Crippen molar-refractivity contribution in [1.29, 1.82) is 0 Å². The Bertz CT molecular complexity index is 601. The molecule has 1 aliphatic rings. The minimum Gasteiger partial charge on any atom is -0.341 e. The average molecular weight is 321 g/mol. The van der Waals surface area contributed by atoms with Crippen molar-refractivity contribution in [1.82, 2.24) is 4.90 Å². The molecule has 0 aromatic heterocycles. The van der Waals surface area contributed by atoms with E-state index in [2.05, 4.69) is 5.32 Å². The van der Waals surface area contributed by atoms with Crippen molar-refractivity contribution in [3.05, 3.63) is 23.8 Å². The van der Waals surface area contributed by atoms with Gasteiger partial charge in [-0.25, -0.2) is 0 Å². The predicted molar refractivity (Wildman–Crippen MR) is 90.2 cm³/mol. The van der Waals surface area contributed by atoms with Crippen molar-refractivity contribution >= 4 is 29.3 Å². The third kappa shape index (κ3) is 3.62. The molecule has 22 heavy (non-hydrogen) atoms. The lowest BCUT2D eigenvalue weighted by Gasteiger charge is -2.29. The lowest BCUT2D eigenvalue weighted by atomic mass is 9.93. The van der Waals surface area contributed by atoms with Crippen LogP contribution in [0.2, 0.25) is 0 Å². The summed E-state index contributed by atoms with van der Waals surface area (Å²) in [6.45, 7) is 7.02. The molecular formula is C16H23N3O2S. The van der Waals surface area contributed by atoms with Gasteiger partial charge in [0, 0.05) is 24.1 Å². The highest BCUT2D eigenvalue weighted by Crippen LogP contribution is 2.36. The fourth-order valence-corrected chi connectivity index (χ4v) is 3.27. The van der Waals surface area contributed by atoms with Gasteiger partial charge in [-0.1, -0.05) is 13.8 Å². The van der Waals surface area contributed by atoms with Crippen LogP contribution < -0.4 is 11.1 Å². The zero-order valence-corrected chi connectivity index (χ0v) is 14.3.